The van der Waals surface area contributed by atoms with Crippen molar-refractivity contribution in [1.29, 1.82) is 0 Å². The molecule has 1 unspecified atom stereocenters. The number of nitrogens with two attached hydrogens (primary N) is 1. The lowest BCUT2D eigenvalue weighted by molar-refractivity contribution is 0.394. The van der Waals surface area contributed by atoms with E-state index in [0.29, 0.717) is 0 Å². The SMILES string of the molecule is COc1ccc(OC)c(C(NN)c2cnn(C)c2C)c1. The Labute approximate surface area is 118 Å². The van der Waals surface area contributed by atoms with Gasteiger partial charge in [0.05, 0.1) is 26.5 Å². The van der Waals surface area contributed by atoms with Gasteiger partial charge >= 0.3 is 0 Å². The summed E-state index contributed by atoms with van der Waals surface area (Å²) in [6.07, 6.45) is 1.80. The molecule has 0 bridgehead atoms. The second kappa shape index (κ2) is 5.94. The lowest BCUT2D eigenvalue weighted by atomic mass is 9.98. The number of aromatic nitrogens is 2. The van der Waals surface area contributed by atoms with Gasteiger partial charge in [-0.05, 0) is 25.1 Å². The molecule has 0 radical (unpaired) electrons. The van der Waals surface area contributed by atoms with Crippen LogP contribution in [0.5, 0.6) is 11.5 Å². The molecule has 0 saturated carbocycles. The number of nitrogens with zero attached hydrogens (tertiary/aromatic N) is 2. The van der Waals surface area contributed by atoms with Crippen molar-refractivity contribution in [1.82, 2.24) is 15.2 Å². The van der Waals surface area contributed by atoms with Crippen LogP contribution in [0, 0.1) is 6.92 Å². The fourth-order valence-electron chi connectivity index (χ4n) is 2.21. The van der Waals surface area contributed by atoms with Crippen LogP contribution in [0.25, 0.3) is 0 Å². The number of rotatable bonds is 5. The highest BCUT2D eigenvalue weighted by Crippen LogP contribution is 2.33. The van der Waals surface area contributed by atoms with E-state index in [1.54, 1.807) is 20.4 Å². The lowest BCUT2D eigenvalue weighted by Crippen LogP contribution is -2.29. The first-order valence-corrected chi connectivity index (χ1v) is 6.29. The minimum atomic E-state index is -0.214. The fourth-order valence-corrected chi connectivity index (χ4v) is 2.21. The van der Waals surface area contributed by atoms with Gasteiger partial charge in [-0.1, -0.05) is 0 Å². The molecule has 0 fully saturated rings. The molecule has 0 spiro atoms. The van der Waals surface area contributed by atoms with Gasteiger partial charge in [0.25, 0.3) is 0 Å². The van der Waals surface area contributed by atoms with E-state index in [2.05, 4.69) is 10.5 Å². The maximum Gasteiger partial charge on any atom is 0.124 e. The number of benzene rings is 1. The predicted octanol–water partition coefficient (Wildman–Crippen LogP) is 1.30. The van der Waals surface area contributed by atoms with Crippen LogP contribution in [0.1, 0.15) is 22.9 Å². The van der Waals surface area contributed by atoms with Gasteiger partial charge in [0.15, 0.2) is 0 Å². The highest BCUT2D eigenvalue weighted by Gasteiger charge is 2.21. The van der Waals surface area contributed by atoms with Crippen molar-refractivity contribution in [3.05, 3.63) is 41.2 Å². The number of hydrazine groups is 1. The summed E-state index contributed by atoms with van der Waals surface area (Å²) >= 11 is 0. The zero-order chi connectivity index (χ0) is 14.7. The van der Waals surface area contributed by atoms with Crippen molar-refractivity contribution in [2.45, 2.75) is 13.0 Å². The van der Waals surface area contributed by atoms with Crippen LogP contribution in [-0.4, -0.2) is 24.0 Å². The van der Waals surface area contributed by atoms with Crippen LogP contribution in [0.2, 0.25) is 0 Å². The Balaban J connectivity index is 2.53. The van der Waals surface area contributed by atoms with Crippen LogP contribution in [0.4, 0.5) is 0 Å². The molecule has 6 nitrogen and oxygen atoms in total. The number of hydrogen-bond acceptors (Lipinski definition) is 5. The number of aryl methyl sites for hydroxylation is 1. The molecule has 1 aromatic heterocycles. The molecule has 0 aliphatic carbocycles. The van der Waals surface area contributed by atoms with E-state index in [-0.39, 0.29) is 6.04 Å². The molecule has 0 saturated heterocycles. The Morgan fingerprint density at radius 2 is 2.00 bits per heavy atom. The van der Waals surface area contributed by atoms with E-state index < -0.39 is 0 Å². The summed E-state index contributed by atoms with van der Waals surface area (Å²) in [5.41, 5.74) is 5.77. The molecule has 1 aromatic carbocycles. The zero-order valence-corrected chi connectivity index (χ0v) is 12.2. The van der Waals surface area contributed by atoms with Gasteiger partial charge in [0.2, 0.25) is 0 Å². The molecule has 2 aromatic rings. The maximum absolute atomic E-state index is 5.75. The third kappa shape index (κ3) is 2.48. The minimum Gasteiger partial charge on any atom is -0.497 e. The Bertz CT molecular complexity index is 595. The summed E-state index contributed by atoms with van der Waals surface area (Å²) in [7, 11) is 5.16. The van der Waals surface area contributed by atoms with Gasteiger partial charge in [-0.3, -0.25) is 10.5 Å². The van der Waals surface area contributed by atoms with Crippen molar-refractivity contribution in [2.75, 3.05) is 14.2 Å². The third-order valence-corrected chi connectivity index (χ3v) is 3.50. The van der Waals surface area contributed by atoms with Gasteiger partial charge < -0.3 is 9.47 Å². The minimum absolute atomic E-state index is 0.214. The number of hydrogen-bond donors (Lipinski definition) is 2. The summed E-state index contributed by atoms with van der Waals surface area (Å²) in [4.78, 5) is 0. The average Bonchev–Trinajstić information content (AvgIpc) is 2.80. The van der Waals surface area contributed by atoms with Crippen LogP contribution in [-0.2, 0) is 7.05 Å². The van der Waals surface area contributed by atoms with E-state index >= 15 is 0 Å². The smallest absolute Gasteiger partial charge is 0.124 e. The highest BCUT2D eigenvalue weighted by molar-refractivity contribution is 5.46. The first-order valence-electron chi connectivity index (χ1n) is 6.29. The molecular weight excluding hydrogens is 256 g/mol. The van der Waals surface area contributed by atoms with Crippen LogP contribution in [0.15, 0.2) is 24.4 Å². The molecule has 0 aliphatic rings. The predicted molar refractivity (Wildman–Crippen MR) is 76.7 cm³/mol. The largest absolute Gasteiger partial charge is 0.497 e. The number of ether oxygens (including phenoxy) is 2. The van der Waals surface area contributed by atoms with Crippen molar-refractivity contribution in [3.8, 4) is 11.5 Å². The molecule has 0 aliphatic heterocycles. The van der Waals surface area contributed by atoms with E-state index in [1.807, 2.05) is 36.9 Å². The maximum atomic E-state index is 5.75. The van der Waals surface area contributed by atoms with Crippen LogP contribution in [0.3, 0.4) is 0 Å². The normalized spacial score (nSPS) is 12.2. The molecule has 1 atom stereocenters. The monoisotopic (exact) mass is 276 g/mol. The second-order valence-electron chi connectivity index (χ2n) is 4.52. The van der Waals surface area contributed by atoms with Crippen molar-refractivity contribution in [3.63, 3.8) is 0 Å². The summed E-state index contributed by atoms with van der Waals surface area (Å²) in [6.45, 7) is 2.00. The molecule has 1 heterocycles. The molecule has 0 amide bonds. The average molecular weight is 276 g/mol. The third-order valence-electron chi connectivity index (χ3n) is 3.50. The van der Waals surface area contributed by atoms with E-state index in [4.69, 9.17) is 15.3 Å². The van der Waals surface area contributed by atoms with Crippen molar-refractivity contribution >= 4 is 0 Å². The van der Waals surface area contributed by atoms with Gasteiger partial charge in [-0.25, -0.2) is 5.43 Å². The van der Waals surface area contributed by atoms with Crippen molar-refractivity contribution < 1.29 is 9.47 Å². The van der Waals surface area contributed by atoms with E-state index in [0.717, 1.165) is 28.3 Å². The standard InChI is InChI=1S/C14H20N4O2/c1-9-12(8-16-18(9)2)14(17-15)11-7-10(19-3)5-6-13(11)20-4/h5-8,14,17H,15H2,1-4H3. The Kier molecular flexibility index (Phi) is 4.26. The topological polar surface area (TPSA) is 74.3 Å². The second-order valence-corrected chi connectivity index (χ2v) is 4.52. The van der Waals surface area contributed by atoms with Gasteiger partial charge in [-0.2, -0.15) is 5.10 Å². The quantitative estimate of drug-likeness (QED) is 0.636. The number of nitrogens with one attached hydrogen (secondary N) is 1. The number of methoxy groups -OCH3 is 2. The van der Waals surface area contributed by atoms with E-state index in [1.165, 1.54) is 0 Å². The summed E-state index contributed by atoms with van der Waals surface area (Å²) in [6, 6.07) is 5.42. The first-order chi connectivity index (χ1) is 9.62. The van der Waals surface area contributed by atoms with Gasteiger partial charge in [-0.15, -0.1) is 0 Å². The van der Waals surface area contributed by atoms with Crippen LogP contribution >= 0.6 is 0 Å². The van der Waals surface area contributed by atoms with Gasteiger partial charge in [0.1, 0.15) is 11.5 Å². The van der Waals surface area contributed by atoms with Crippen LogP contribution < -0.4 is 20.7 Å². The summed E-state index contributed by atoms with van der Waals surface area (Å²) < 4.78 is 12.5. The zero-order valence-electron chi connectivity index (χ0n) is 12.2. The first kappa shape index (κ1) is 14.4. The molecule has 3 N–H and O–H groups in total. The Morgan fingerprint density at radius 1 is 1.25 bits per heavy atom. The van der Waals surface area contributed by atoms with Crippen molar-refractivity contribution in [2.24, 2.45) is 12.9 Å². The molecule has 2 rings (SSSR count). The lowest BCUT2D eigenvalue weighted by Gasteiger charge is -2.19. The molecule has 108 valence electrons. The molecule has 20 heavy (non-hydrogen) atoms. The Morgan fingerprint density at radius 3 is 2.50 bits per heavy atom. The van der Waals surface area contributed by atoms with Gasteiger partial charge in [0, 0.05) is 23.9 Å². The van der Waals surface area contributed by atoms with E-state index in [9.17, 15) is 0 Å². The summed E-state index contributed by atoms with van der Waals surface area (Å²) in [5.74, 6) is 7.25. The highest BCUT2D eigenvalue weighted by atomic mass is 16.5. The molecule has 6 heteroatoms. The fraction of sp³-hybridized carbons (Fsp3) is 0.357. The molecular formula is C14H20N4O2. The Hall–Kier alpha value is -2.05. The summed E-state index contributed by atoms with van der Waals surface area (Å²) in [5, 5.41) is 4.26.